The van der Waals surface area contributed by atoms with Gasteiger partial charge in [0.05, 0.1) is 28.4 Å². The molecule has 0 aliphatic rings. The Labute approximate surface area is 160 Å². The van der Waals surface area contributed by atoms with Gasteiger partial charge >= 0.3 is 0 Å². The Bertz CT molecular complexity index is 911. The van der Waals surface area contributed by atoms with Crippen molar-refractivity contribution in [2.75, 3.05) is 11.6 Å². The second-order valence-corrected chi connectivity index (χ2v) is 6.87. The van der Waals surface area contributed by atoms with Gasteiger partial charge in [-0.3, -0.25) is 4.79 Å². The average Bonchev–Trinajstić information content (AvgIpc) is 3.05. The molecule has 0 spiro atoms. The number of halogens is 2. The lowest BCUT2D eigenvalue weighted by molar-refractivity contribution is 0.102. The normalized spacial score (nSPS) is 10.7. The van der Waals surface area contributed by atoms with Crippen LogP contribution in [0.3, 0.4) is 0 Å². The third kappa shape index (κ3) is 4.00. The van der Waals surface area contributed by atoms with E-state index in [-0.39, 0.29) is 5.91 Å². The first-order chi connectivity index (χ1) is 12.1. The van der Waals surface area contributed by atoms with Crippen molar-refractivity contribution >= 4 is 46.7 Å². The number of thioether (sulfide) groups is 1. The summed E-state index contributed by atoms with van der Waals surface area (Å²) in [5.41, 5.74) is 1.46. The molecule has 3 aromatic rings. The summed E-state index contributed by atoms with van der Waals surface area (Å²) < 4.78 is 1.68. The molecule has 7 heteroatoms. The monoisotopic (exact) mass is 391 g/mol. The molecule has 25 heavy (non-hydrogen) atoms. The number of aromatic nitrogens is 2. The van der Waals surface area contributed by atoms with E-state index < -0.39 is 0 Å². The maximum atomic E-state index is 12.6. The van der Waals surface area contributed by atoms with Gasteiger partial charge in [0.15, 0.2) is 0 Å². The molecule has 0 aliphatic heterocycles. The lowest BCUT2D eigenvalue weighted by Crippen LogP contribution is -2.17. The Balaban J connectivity index is 1.82. The first-order valence-corrected chi connectivity index (χ1v) is 9.47. The molecule has 128 valence electrons. The summed E-state index contributed by atoms with van der Waals surface area (Å²) in [7, 11) is 0. The van der Waals surface area contributed by atoms with Crippen LogP contribution in [0.5, 0.6) is 0 Å². The summed E-state index contributed by atoms with van der Waals surface area (Å²) in [6, 6.07) is 14.7. The number of hydrogen-bond acceptors (Lipinski definition) is 3. The van der Waals surface area contributed by atoms with E-state index in [1.165, 1.54) is 11.8 Å². The number of anilines is 1. The van der Waals surface area contributed by atoms with Crippen LogP contribution in [0.4, 0.5) is 5.82 Å². The molecular weight excluding hydrogens is 377 g/mol. The topological polar surface area (TPSA) is 46.9 Å². The Morgan fingerprint density at radius 3 is 2.76 bits per heavy atom. The van der Waals surface area contributed by atoms with Gasteiger partial charge in [0.2, 0.25) is 0 Å². The SMILES string of the molecule is CSc1ccccc1C(=O)Nc1ccnn1Cc1cccc(Cl)c1Cl. The van der Waals surface area contributed by atoms with Crippen LogP contribution in [0.2, 0.25) is 10.0 Å². The predicted octanol–water partition coefficient (Wildman–Crippen LogP) is 5.21. The van der Waals surface area contributed by atoms with Gasteiger partial charge in [0.25, 0.3) is 5.91 Å². The molecule has 1 N–H and O–H groups in total. The number of nitrogens with zero attached hydrogens (tertiary/aromatic N) is 2. The number of nitrogens with one attached hydrogen (secondary N) is 1. The van der Waals surface area contributed by atoms with Crippen molar-refractivity contribution in [3.05, 3.63) is 75.9 Å². The fourth-order valence-corrected chi connectivity index (χ4v) is 3.39. The van der Waals surface area contributed by atoms with E-state index >= 15 is 0 Å². The van der Waals surface area contributed by atoms with Crippen LogP contribution in [-0.4, -0.2) is 21.9 Å². The van der Waals surface area contributed by atoms with E-state index in [0.717, 1.165) is 10.5 Å². The first kappa shape index (κ1) is 17.9. The van der Waals surface area contributed by atoms with Crippen molar-refractivity contribution in [2.24, 2.45) is 0 Å². The van der Waals surface area contributed by atoms with Gasteiger partial charge in [-0.2, -0.15) is 5.10 Å². The largest absolute Gasteiger partial charge is 0.307 e. The molecule has 1 aromatic heterocycles. The number of carbonyl (C=O) groups is 1. The second kappa shape index (κ2) is 7.95. The predicted molar refractivity (Wildman–Crippen MR) is 104 cm³/mol. The van der Waals surface area contributed by atoms with Crippen LogP contribution in [0.25, 0.3) is 0 Å². The third-order valence-corrected chi connectivity index (χ3v) is 5.32. The highest BCUT2D eigenvalue weighted by Crippen LogP contribution is 2.27. The van der Waals surface area contributed by atoms with Gasteiger partial charge in [0, 0.05) is 11.0 Å². The highest BCUT2D eigenvalue weighted by Gasteiger charge is 2.14. The van der Waals surface area contributed by atoms with Crippen molar-refractivity contribution < 1.29 is 4.79 Å². The Hall–Kier alpha value is -1.95. The van der Waals surface area contributed by atoms with E-state index in [9.17, 15) is 4.79 Å². The zero-order valence-electron chi connectivity index (χ0n) is 13.4. The molecule has 1 amide bonds. The lowest BCUT2D eigenvalue weighted by Gasteiger charge is -2.12. The number of benzene rings is 2. The highest BCUT2D eigenvalue weighted by atomic mass is 35.5. The molecule has 0 unspecified atom stereocenters. The molecule has 0 bridgehead atoms. The minimum Gasteiger partial charge on any atom is -0.307 e. The third-order valence-electron chi connectivity index (χ3n) is 3.66. The van der Waals surface area contributed by atoms with E-state index in [2.05, 4.69) is 10.4 Å². The highest BCUT2D eigenvalue weighted by molar-refractivity contribution is 7.98. The maximum Gasteiger partial charge on any atom is 0.257 e. The number of hydrogen-bond donors (Lipinski definition) is 1. The molecule has 0 saturated heterocycles. The van der Waals surface area contributed by atoms with Gasteiger partial charge in [-0.1, -0.05) is 47.5 Å². The number of amides is 1. The van der Waals surface area contributed by atoms with E-state index in [1.54, 1.807) is 29.1 Å². The van der Waals surface area contributed by atoms with Gasteiger partial charge in [-0.25, -0.2) is 4.68 Å². The smallest absolute Gasteiger partial charge is 0.257 e. The second-order valence-electron chi connectivity index (χ2n) is 5.24. The molecule has 2 aromatic carbocycles. The van der Waals surface area contributed by atoms with E-state index in [1.807, 2.05) is 36.6 Å². The molecule has 0 aliphatic carbocycles. The van der Waals surface area contributed by atoms with Crippen molar-refractivity contribution in [3.8, 4) is 0 Å². The fraction of sp³-hybridized carbons (Fsp3) is 0.111. The van der Waals surface area contributed by atoms with Crippen LogP contribution < -0.4 is 5.32 Å². The molecule has 0 atom stereocenters. The minimum absolute atomic E-state index is 0.177. The summed E-state index contributed by atoms with van der Waals surface area (Å²) in [5, 5.41) is 8.16. The zero-order chi connectivity index (χ0) is 17.8. The average molecular weight is 392 g/mol. The molecule has 0 saturated carbocycles. The van der Waals surface area contributed by atoms with Crippen molar-refractivity contribution in [2.45, 2.75) is 11.4 Å². The number of rotatable bonds is 5. The van der Waals surface area contributed by atoms with Crippen LogP contribution >= 0.6 is 35.0 Å². The van der Waals surface area contributed by atoms with Gasteiger partial charge in [-0.15, -0.1) is 11.8 Å². The van der Waals surface area contributed by atoms with E-state index in [0.29, 0.717) is 28.0 Å². The van der Waals surface area contributed by atoms with Crippen LogP contribution in [0, 0.1) is 0 Å². The first-order valence-electron chi connectivity index (χ1n) is 7.49. The summed E-state index contributed by atoms with van der Waals surface area (Å²) in [6.45, 7) is 0.409. The van der Waals surface area contributed by atoms with Gasteiger partial charge in [0.1, 0.15) is 5.82 Å². The molecule has 0 radical (unpaired) electrons. The fourth-order valence-electron chi connectivity index (χ4n) is 2.41. The summed E-state index contributed by atoms with van der Waals surface area (Å²) in [6.07, 6.45) is 3.58. The summed E-state index contributed by atoms with van der Waals surface area (Å²) in [4.78, 5) is 13.5. The van der Waals surface area contributed by atoms with Crippen LogP contribution in [0.1, 0.15) is 15.9 Å². The van der Waals surface area contributed by atoms with Crippen LogP contribution in [-0.2, 0) is 6.54 Å². The molecule has 0 fully saturated rings. The maximum absolute atomic E-state index is 12.6. The van der Waals surface area contributed by atoms with E-state index in [4.69, 9.17) is 23.2 Å². The standard InChI is InChI=1S/C18H15Cl2N3OS/c1-25-15-8-3-2-6-13(15)18(24)22-16-9-10-21-23(16)11-12-5-4-7-14(19)17(12)20/h2-10H,11H2,1H3,(H,22,24). The minimum atomic E-state index is -0.177. The van der Waals surface area contributed by atoms with Gasteiger partial charge in [-0.05, 0) is 30.0 Å². The van der Waals surface area contributed by atoms with Crippen molar-refractivity contribution in [3.63, 3.8) is 0 Å². The quantitative estimate of drug-likeness (QED) is 0.606. The molecular formula is C18H15Cl2N3OS. The Morgan fingerprint density at radius 2 is 1.96 bits per heavy atom. The van der Waals surface area contributed by atoms with Crippen molar-refractivity contribution in [1.82, 2.24) is 9.78 Å². The number of carbonyl (C=O) groups excluding carboxylic acids is 1. The van der Waals surface area contributed by atoms with Crippen LogP contribution in [0.15, 0.2) is 59.6 Å². The van der Waals surface area contributed by atoms with Crippen molar-refractivity contribution in [1.29, 1.82) is 0 Å². The summed E-state index contributed by atoms with van der Waals surface area (Å²) >= 11 is 13.8. The molecule has 1 heterocycles. The lowest BCUT2D eigenvalue weighted by atomic mass is 10.2. The Morgan fingerprint density at radius 1 is 1.16 bits per heavy atom. The Kier molecular flexibility index (Phi) is 5.68. The molecule has 4 nitrogen and oxygen atoms in total. The summed E-state index contributed by atoms with van der Waals surface area (Å²) in [5.74, 6) is 0.417. The van der Waals surface area contributed by atoms with Gasteiger partial charge < -0.3 is 5.32 Å². The zero-order valence-corrected chi connectivity index (χ0v) is 15.7. The molecule has 3 rings (SSSR count).